The van der Waals surface area contributed by atoms with E-state index in [0.29, 0.717) is 0 Å². The topological polar surface area (TPSA) is 15.3 Å². The van der Waals surface area contributed by atoms with E-state index in [9.17, 15) is 0 Å². The van der Waals surface area contributed by atoms with Gasteiger partial charge in [0.2, 0.25) is 0 Å². The standard InChI is InChI=1S/C10H20N2S/c1-12(7-8-3-4-8)9-5-11-6-10(9)13-2/h8-11H,3-7H2,1-2H3. The number of nitrogens with one attached hydrogen (secondary N) is 1. The van der Waals surface area contributed by atoms with Crippen LogP contribution in [0.25, 0.3) is 0 Å². The van der Waals surface area contributed by atoms with E-state index in [2.05, 4.69) is 23.5 Å². The summed E-state index contributed by atoms with van der Waals surface area (Å²) in [5, 5.41) is 4.29. The number of likely N-dealkylation sites (N-methyl/N-ethyl adjacent to an activating group) is 1. The van der Waals surface area contributed by atoms with Crippen molar-refractivity contribution >= 4 is 11.8 Å². The molecule has 2 rings (SSSR count). The van der Waals surface area contributed by atoms with Gasteiger partial charge in [0.05, 0.1) is 0 Å². The van der Waals surface area contributed by atoms with Gasteiger partial charge in [0.25, 0.3) is 0 Å². The van der Waals surface area contributed by atoms with Crippen LogP contribution in [0, 0.1) is 5.92 Å². The lowest BCUT2D eigenvalue weighted by Crippen LogP contribution is -2.40. The summed E-state index contributed by atoms with van der Waals surface area (Å²) in [6.45, 7) is 3.71. The van der Waals surface area contributed by atoms with Crippen molar-refractivity contribution in [2.24, 2.45) is 5.92 Å². The molecule has 0 bridgehead atoms. The summed E-state index contributed by atoms with van der Waals surface area (Å²) >= 11 is 2.01. The molecule has 1 aliphatic carbocycles. The van der Waals surface area contributed by atoms with Crippen molar-refractivity contribution in [3.05, 3.63) is 0 Å². The van der Waals surface area contributed by atoms with Crippen LogP contribution in [0.5, 0.6) is 0 Å². The van der Waals surface area contributed by atoms with E-state index in [-0.39, 0.29) is 0 Å². The van der Waals surface area contributed by atoms with E-state index >= 15 is 0 Å². The molecule has 1 heterocycles. The quantitative estimate of drug-likeness (QED) is 0.730. The first-order valence-electron chi connectivity index (χ1n) is 5.25. The van der Waals surface area contributed by atoms with Crippen molar-refractivity contribution in [1.29, 1.82) is 0 Å². The van der Waals surface area contributed by atoms with Crippen LogP contribution in [-0.2, 0) is 0 Å². The SMILES string of the molecule is CSC1CNCC1N(C)CC1CC1. The first kappa shape index (κ1) is 9.81. The lowest BCUT2D eigenvalue weighted by Gasteiger charge is -2.27. The molecule has 1 saturated carbocycles. The first-order chi connectivity index (χ1) is 6.31. The number of thioether (sulfide) groups is 1. The van der Waals surface area contributed by atoms with Crippen molar-refractivity contribution < 1.29 is 0 Å². The van der Waals surface area contributed by atoms with Gasteiger partial charge in [-0.3, -0.25) is 0 Å². The molecule has 13 heavy (non-hydrogen) atoms. The van der Waals surface area contributed by atoms with Gasteiger partial charge in [-0.05, 0) is 32.1 Å². The van der Waals surface area contributed by atoms with Crippen LogP contribution in [0.4, 0.5) is 0 Å². The zero-order valence-electron chi connectivity index (χ0n) is 8.62. The highest BCUT2D eigenvalue weighted by molar-refractivity contribution is 7.99. The highest BCUT2D eigenvalue weighted by Crippen LogP contribution is 2.31. The Balaban J connectivity index is 1.82. The van der Waals surface area contributed by atoms with Crippen molar-refractivity contribution in [1.82, 2.24) is 10.2 Å². The molecule has 0 amide bonds. The molecule has 0 spiro atoms. The molecule has 0 aromatic heterocycles. The van der Waals surface area contributed by atoms with Crippen LogP contribution in [0.3, 0.4) is 0 Å². The average molecular weight is 200 g/mol. The molecule has 2 unspecified atom stereocenters. The van der Waals surface area contributed by atoms with Crippen molar-refractivity contribution in [2.75, 3.05) is 32.9 Å². The summed E-state index contributed by atoms with van der Waals surface area (Å²) in [5.74, 6) is 1.02. The molecule has 0 aromatic carbocycles. The Hall–Kier alpha value is 0.270. The fourth-order valence-electron chi connectivity index (χ4n) is 2.16. The van der Waals surface area contributed by atoms with Gasteiger partial charge >= 0.3 is 0 Å². The summed E-state index contributed by atoms with van der Waals surface area (Å²) in [6.07, 6.45) is 5.17. The highest BCUT2D eigenvalue weighted by atomic mass is 32.2. The minimum absolute atomic E-state index is 0.774. The van der Waals surface area contributed by atoms with Gasteiger partial charge in [0.15, 0.2) is 0 Å². The second-order valence-corrected chi connectivity index (χ2v) is 5.46. The third-order valence-corrected chi connectivity index (χ3v) is 4.33. The van der Waals surface area contributed by atoms with Crippen LogP contribution in [0.1, 0.15) is 12.8 Å². The monoisotopic (exact) mass is 200 g/mol. The van der Waals surface area contributed by atoms with Crippen LogP contribution >= 0.6 is 11.8 Å². The fraction of sp³-hybridized carbons (Fsp3) is 1.00. The Morgan fingerprint density at radius 2 is 2.15 bits per heavy atom. The molecule has 2 atom stereocenters. The number of nitrogens with zero attached hydrogens (tertiary/aromatic N) is 1. The largest absolute Gasteiger partial charge is 0.314 e. The predicted octanol–water partition coefficient (Wildman–Crippen LogP) is 1.03. The Bertz CT molecular complexity index is 170. The van der Waals surface area contributed by atoms with Crippen LogP contribution in [-0.4, -0.2) is 49.1 Å². The lowest BCUT2D eigenvalue weighted by atomic mass is 10.2. The molecule has 2 fully saturated rings. The summed E-state index contributed by atoms with van der Waals surface area (Å²) in [7, 11) is 2.29. The molecule has 3 heteroatoms. The van der Waals surface area contributed by atoms with Crippen LogP contribution in [0.15, 0.2) is 0 Å². The Kier molecular flexibility index (Phi) is 3.17. The minimum Gasteiger partial charge on any atom is -0.314 e. The second kappa shape index (κ2) is 4.20. The zero-order valence-corrected chi connectivity index (χ0v) is 9.44. The highest BCUT2D eigenvalue weighted by Gasteiger charge is 2.32. The number of hydrogen-bond donors (Lipinski definition) is 1. The van der Waals surface area contributed by atoms with E-state index in [1.54, 1.807) is 0 Å². The van der Waals surface area contributed by atoms with E-state index in [1.807, 2.05) is 11.8 Å². The second-order valence-electron chi connectivity index (χ2n) is 4.38. The van der Waals surface area contributed by atoms with Crippen molar-refractivity contribution in [3.63, 3.8) is 0 Å². The maximum atomic E-state index is 3.49. The molecule has 76 valence electrons. The lowest BCUT2D eigenvalue weighted by molar-refractivity contribution is 0.251. The maximum Gasteiger partial charge on any atom is 0.0348 e. The summed E-state index contributed by atoms with van der Waals surface area (Å²) < 4.78 is 0. The molecule has 1 N–H and O–H groups in total. The Labute approximate surface area is 85.4 Å². The van der Waals surface area contributed by atoms with Gasteiger partial charge in [-0.1, -0.05) is 0 Å². The molecular formula is C10H20N2S. The average Bonchev–Trinajstić information content (AvgIpc) is 2.82. The smallest absolute Gasteiger partial charge is 0.0348 e. The van der Waals surface area contributed by atoms with E-state index < -0.39 is 0 Å². The molecule has 2 nitrogen and oxygen atoms in total. The van der Waals surface area contributed by atoms with Crippen molar-refractivity contribution in [3.8, 4) is 0 Å². The Morgan fingerprint density at radius 1 is 1.38 bits per heavy atom. The summed E-state index contributed by atoms with van der Waals surface area (Å²) in [5.41, 5.74) is 0. The number of rotatable bonds is 4. The normalized spacial score (nSPS) is 34.4. The summed E-state index contributed by atoms with van der Waals surface area (Å²) in [4.78, 5) is 2.57. The molecule has 1 saturated heterocycles. The third kappa shape index (κ3) is 2.39. The Morgan fingerprint density at radius 3 is 2.77 bits per heavy atom. The van der Waals surface area contributed by atoms with Gasteiger partial charge in [0, 0.05) is 30.9 Å². The molecule has 0 radical (unpaired) electrons. The van der Waals surface area contributed by atoms with Gasteiger partial charge in [-0.2, -0.15) is 11.8 Å². The van der Waals surface area contributed by atoms with Gasteiger partial charge < -0.3 is 10.2 Å². The first-order valence-corrected chi connectivity index (χ1v) is 6.54. The van der Waals surface area contributed by atoms with Gasteiger partial charge in [-0.15, -0.1) is 0 Å². The van der Waals surface area contributed by atoms with Crippen molar-refractivity contribution in [2.45, 2.75) is 24.1 Å². The number of hydrogen-bond acceptors (Lipinski definition) is 3. The molecular weight excluding hydrogens is 180 g/mol. The van der Waals surface area contributed by atoms with Crippen LogP contribution in [0.2, 0.25) is 0 Å². The zero-order chi connectivity index (χ0) is 9.26. The third-order valence-electron chi connectivity index (χ3n) is 3.24. The molecule has 0 aromatic rings. The fourth-order valence-corrected chi connectivity index (χ4v) is 3.07. The molecule has 1 aliphatic heterocycles. The predicted molar refractivity (Wildman–Crippen MR) is 59.3 cm³/mol. The van der Waals surface area contributed by atoms with E-state index in [4.69, 9.17) is 0 Å². The van der Waals surface area contributed by atoms with Crippen LogP contribution < -0.4 is 5.32 Å². The maximum absolute atomic E-state index is 3.49. The van der Waals surface area contributed by atoms with Gasteiger partial charge in [0.1, 0.15) is 0 Å². The molecule has 2 aliphatic rings. The van der Waals surface area contributed by atoms with E-state index in [1.165, 1.54) is 32.5 Å². The van der Waals surface area contributed by atoms with Gasteiger partial charge in [-0.25, -0.2) is 0 Å². The summed E-state index contributed by atoms with van der Waals surface area (Å²) in [6, 6.07) is 0.774. The van der Waals surface area contributed by atoms with E-state index in [0.717, 1.165) is 17.2 Å². The minimum atomic E-state index is 0.774.